The van der Waals surface area contributed by atoms with Gasteiger partial charge in [-0.1, -0.05) is 49.3 Å². The first-order chi connectivity index (χ1) is 9.58. The highest BCUT2D eigenvalue weighted by molar-refractivity contribution is 8.26. The van der Waals surface area contributed by atoms with Crippen LogP contribution in [-0.2, 0) is 9.59 Å². The fourth-order valence-corrected chi connectivity index (χ4v) is 3.98. The van der Waals surface area contributed by atoms with Gasteiger partial charge in [0.15, 0.2) is 0 Å². The van der Waals surface area contributed by atoms with Gasteiger partial charge in [0.05, 0.1) is 4.91 Å². The third kappa shape index (κ3) is 4.06. The summed E-state index contributed by atoms with van der Waals surface area (Å²) in [6.45, 7) is 0.402. The summed E-state index contributed by atoms with van der Waals surface area (Å²) >= 11 is 6.58. The number of carboxylic acid groups (broad SMARTS) is 1. The zero-order chi connectivity index (χ0) is 14.5. The summed E-state index contributed by atoms with van der Waals surface area (Å²) in [6, 6.07) is 0. The van der Waals surface area contributed by atoms with E-state index in [9.17, 15) is 9.59 Å². The largest absolute Gasteiger partial charge is 0.481 e. The van der Waals surface area contributed by atoms with Crippen LogP contribution in [0, 0.1) is 5.92 Å². The van der Waals surface area contributed by atoms with Gasteiger partial charge in [0.1, 0.15) is 4.32 Å². The summed E-state index contributed by atoms with van der Waals surface area (Å²) in [5, 5.41) is 8.63. The minimum absolute atomic E-state index is 0.0454. The number of carbonyl (C=O) groups excluding carboxylic acids is 1. The quantitative estimate of drug-likeness (QED) is 0.624. The topological polar surface area (TPSA) is 57.6 Å². The molecule has 1 heterocycles. The molecule has 0 bridgehead atoms. The molecule has 0 aromatic heterocycles. The van der Waals surface area contributed by atoms with Crippen LogP contribution in [0.25, 0.3) is 0 Å². The molecular weight excluding hydrogens is 294 g/mol. The van der Waals surface area contributed by atoms with Gasteiger partial charge in [-0.3, -0.25) is 14.5 Å². The molecule has 1 amide bonds. The van der Waals surface area contributed by atoms with Gasteiger partial charge in [0.25, 0.3) is 5.91 Å². The van der Waals surface area contributed by atoms with Gasteiger partial charge in [0, 0.05) is 13.0 Å². The van der Waals surface area contributed by atoms with E-state index >= 15 is 0 Å². The number of hydrogen-bond acceptors (Lipinski definition) is 4. The van der Waals surface area contributed by atoms with Gasteiger partial charge in [-0.05, 0) is 25.2 Å². The maximum atomic E-state index is 12.3. The SMILES string of the molecule is O=C(O)CCCN1C(=O)/C(=C/C2CCCCC2)SC1=S. The summed E-state index contributed by atoms with van der Waals surface area (Å²) in [5.41, 5.74) is 0. The van der Waals surface area contributed by atoms with Crippen LogP contribution in [0.3, 0.4) is 0 Å². The minimum Gasteiger partial charge on any atom is -0.481 e. The number of amides is 1. The van der Waals surface area contributed by atoms with E-state index < -0.39 is 5.97 Å². The number of carboxylic acids is 1. The molecule has 0 spiro atoms. The summed E-state index contributed by atoms with van der Waals surface area (Å²) in [5.74, 6) is -0.388. The molecule has 1 saturated heterocycles. The second-order valence-corrected chi connectivity index (χ2v) is 6.93. The van der Waals surface area contributed by atoms with Gasteiger partial charge in [0.2, 0.25) is 0 Å². The number of allylic oxidation sites excluding steroid dienone is 1. The number of nitrogens with zero attached hydrogens (tertiary/aromatic N) is 1. The molecule has 0 radical (unpaired) electrons. The number of carbonyl (C=O) groups is 2. The van der Waals surface area contributed by atoms with E-state index in [2.05, 4.69) is 6.08 Å². The second-order valence-electron chi connectivity index (χ2n) is 5.25. The molecule has 1 aliphatic heterocycles. The van der Waals surface area contributed by atoms with Crippen molar-refractivity contribution in [2.75, 3.05) is 6.54 Å². The lowest BCUT2D eigenvalue weighted by molar-refractivity contribution is -0.137. The van der Waals surface area contributed by atoms with E-state index in [4.69, 9.17) is 17.3 Å². The smallest absolute Gasteiger partial charge is 0.303 e. The molecule has 110 valence electrons. The molecule has 0 aromatic carbocycles. The van der Waals surface area contributed by atoms with E-state index in [1.54, 1.807) is 0 Å². The molecular formula is C14H19NO3S2. The number of hydrogen-bond donors (Lipinski definition) is 1. The lowest BCUT2D eigenvalue weighted by Crippen LogP contribution is -2.29. The Morgan fingerprint density at radius 3 is 2.75 bits per heavy atom. The molecule has 0 aromatic rings. The zero-order valence-electron chi connectivity index (χ0n) is 11.3. The summed E-state index contributed by atoms with van der Waals surface area (Å²) < 4.78 is 0.558. The van der Waals surface area contributed by atoms with Crippen LogP contribution in [0.5, 0.6) is 0 Å². The number of thiocarbonyl (C=S) groups is 1. The van der Waals surface area contributed by atoms with E-state index in [1.165, 1.54) is 35.9 Å². The van der Waals surface area contributed by atoms with Crippen LogP contribution in [-0.4, -0.2) is 32.7 Å². The molecule has 4 nitrogen and oxygen atoms in total. The van der Waals surface area contributed by atoms with Crippen LogP contribution in [0.15, 0.2) is 11.0 Å². The van der Waals surface area contributed by atoms with Gasteiger partial charge < -0.3 is 5.11 Å². The summed E-state index contributed by atoms with van der Waals surface area (Å²) in [4.78, 5) is 25.1. The predicted molar refractivity (Wildman–Crippen MR) is 83.4 cm³/mol. The van der Waals surface area contributed by atoms with Crippen LogP contribution >= 0.6 is 24.0 Å². The number of aliphatic carboxylic acids is 1. The fraction of sp³-hybridized carbons (Fsp3) is 0.643. The first kappa shape index (κ1) is 15.5. The molecule has 2 rings (SSSR count). The summed E-state index contributed by atoms with van der Waals surface area (Å²) in [7, 11) is 0. The first-order valence-electron chi connectivity index (χ1n) is 7.05. The van der Waals surface area contributed by atoms with E-state index in [0.717, 1.165) is 17.7 Å². The molecule has 6 heteroatoms. The van der Waals surface area contributed by atoms with Gasteiger partial charge >= 0.3 is 5.97 Å². The van der Waals surface area contributed by atoms with Crippen molar-refractivity contribution < 1.29 is 14.7 Å². The lowest BCUT2D eigenvalue weighted by atomic mass is 9.89. The van der Waals surface area contributed by atoms with Crippen molar-refractivity contribution in [3.8, 4) is 0 Å². The van der Waals surface area contributed by atoms with Crippen LogP contribution in [0.1, 0.15) is 44.9 Å². The fourth-order valence-electron chi connectivity index (χ4n) is 2.61. The zero-order valence-corrected chi connectivity index (χ0v) is 13.0. The average Bonchev–Trinajstić information content (AvgIpc) is 2.67. The minimum atomic E-state index is -0.840. The van der Waals surface area contributed by atoms with Gasteiger partial charge in [-0.25, -0.2) is 0 Å². The van der Waals surface area contributed by atoms with Crippen LogP contribution in [0.2, 0.25) is 0 Å². The lowest BCUT2D eigenvalue weighted by Gasteiger charge is -2.18. The Hall–Kier alpha value is -0.880. The Balaban J connectivity index is 1.93. The van der Waals surface area contributed by atoms with E-state index in [1.807, 2.05) is 0 Å². The van der Waals surface area contributed by atoms with Crippen molar-refractivity contribution in [2.45, 2.75) is 44.9 Å². The third-order valence-electron chi connectivity index (χ3n) is 3.68. The van der Waals surface area contributed by atoms with Crippen molar-refractivity contribution in [3.05, 3.63) is 11.0 Å². The van der Waals surface area contributed by atoms with Gasteiger partial charge in [-0.2, -0.15) is 0 Å². The van der Waals surface area contributed by atoms with Crippen molar-refractivity contribution in [2.24, 2.45) is 5.92 Å². The third-order valence-corrected chi connectivity index (χ3v) is 5.08. The second kappa shape index (κ2) is 7.22. The molecule has 1 N–H and O–H groups in total. The highest BCUT2D eigenvalue weighted by atomic mass is 32.2. The molecule has 20 heavy (non-hydrogen) atoms. The first-order valence-corrected chi connectivity index (χ1v) is 8.27. The Bertz CT molecular complexity index is 442. The average molecular weight is 313 g/mol. The van der Waals surface area contributed by atoms with Crippen molar-refractivity contribution in [3.63, 3.8) is 0 Å². The van der Waals surface area contributed by atoms with Gasteiger partial charge in [-0.15, -0.1) is 0 Å². The molecule has 1 aliphatic carbocycles. The highest BCUT2D eigenvalue weighted by Crippen LogP contribution is 2.35. The maximum absolute atomic E-state index is 12.3. The van der Waals surface area contributed by atoms with Crippen LogP contribution < -0.4 is 0 Å². The monoisotopic (exact) mass is 313 g/mol. The standard InChI is InChI=1S/C14H19NO3S2/c16-12(17)7-4-8-15-13(18)11(20-14(15)19)9-10-5-2-1-3-6-10/h9-10H,1-8H2,(H,16,17)/b11-9-. The van der Waals surface area contributed by atoms with E-state index in [0.29, 0.717) is 23.2 Å². The number of rotatable bonds is 5. The summed E-state index contributed by atoms with van der Waals surface area (Å²) in [6.07, 6.45) is 8.67. The Morgan fingerprint density at radius 2 is 2.10 bits per heavy atom. The Labute approximate surface area is 128 Å². The molecule has 2 aliphatic rings. The maximum Gasteiger partial charge on any atom is 0.303 e. The molecule has 0 atom stereocenters. The highest BCUT2D eigenvalue weighted by Gasteiger charge is 2.32. The normalized spacial score (nSPS) is 22.8. The van der Waals surface area contributed by atoms with Crippen molar-refractivity contribution >= 4 is 40.2 Å². The van der Waals surface area contributed by atoms with Crippen molar-refractivity contribution in [1.29, 1.82) is 0 Å². The predicted octanol–water partition coefficient (Wildman–Crippen LogP) is 3.18. The molecule has 1 saturated carbocycles. The number of thioether (sulfide) groups is 1. The Kier molecular flexibility index (Phi) is 5.60. The Morgan fingerprint density at radius 1 is 1.40 bits per heavy atom. The van der Waals surface area contributed by atoms with Crippen LogP contribution in [0.4, 0.5) is 0 Å². The molecule has 0 unspecified atom stereocenters. The van der Waals surface area contributed by atoms with Crippen molar-refractivity contribution in [1.82, 2.24) is 4.90 Å². The van der Waals surface area contributed by atoms with E-state index in [-0.39, 0.29) is 12.3 Å². The molecule has 2 fully saturated rings.